The third-order valence-corrected chi connectivity index (χ3v) is 0.799. The number of aliphatic imine (C=N–C) groups is 2. The van der Waals surface area contributed by atoms with Gasteiger partial charge in [-0.05, 0) is 0 Å². The van der Waals surface area contributed by atoms with Crippen LogP contribution in [0.5, 0.6) is 0 Å². The Morgan fingerprint density at radius 3 is 2.88 bits per heavy atom. The Morgan fingerprint density at radius 1 is 1.75 bits per heavy atom. The highest BCUT2D eigenvalue weighted by Gasteiger charge is 2.06. The number of ketones is 1. The molecule has 0 radical (unpaired) electrons. The maximum absolute atomic E-state index is 10.4. The van der Waals surface area contributed by atoms with Crippen molar-refractivity contribution in [3.63, 3.8) is 0 Å². The van der Waals surface area contributed by atoms with Crippen LogP contribution in [-0.4, -0.2) is 24.5 Å². The van der Waals surface area contributed by atoms with Crippen molar-refractivity contribution in [2.45, 2.75) is 0 Å². The molecule has 0 amide bonds. The molecule has 1 aliphatic rings. The third kappa shape index (κ3) is 0.726. The van der Waals surface area contributed by atoms with Gasteiger partial charge in [0.05, 0.1) is 0 Å². The van der Waals surface area contributed by atoms with Gasteiger partial charge in [0.25, 0.3) is 0 Å². The topological polar surface area (TPSA) is 67.8 Å². The van der Waals surface area contributed by atoms with E-state index in [0.717, 1.165) is 0 Å². The molecule has 4 nitrogen and oxygen atoms in total. The molecule has 0 unspecified atom stereocenters. The van der Waals surface area contributed by atoms with Crippen LogP contribution in [0.4, 0.5) is 0 Å². The van der Waals surface area contributed by atoms with E-state index in [2.05, 4.69) is 9.98 Å². The molecular formula is C4H5N3O. The van der Waals surface area contributed by atoms with Crippen molar-refractivity contribution in [2.24, 2.45) is 15.7 Å². The summed E-state index contributed by atoms with van der Waals surface area (Å²) in [5.41, 5.74) is 5.09. The largest absolute Gasteiger partial charge is 0.381 e. The fraction of sp³-hybridized carbons (Fsp3) is 0.250. The van der Waals surface area contributed by atoms with Crippen molar-refractivity contribution in [3.05, 3.63) is 0 Å². The van der Waals surface area contributed by atoms with Crippen molar-refractivity contribution >= 4 is 18.0 Å². The van der Waals surface area contributed by atoms with E-state index in [4.69, 9.17) is 5.73 Å². The van der Waals surface area contributed by atoms with Gasteiger partial charge >= 0.3 is 0 Å². The first kappa shape index (κ1) is 4.96. The number of nitrogens with zero attached hydrogens (tertiary/aromatic N) is 2. The molecule has 0 atom stereocenters. The molecule has 0 fully saturated rings. The Morgan fingerprint density at radius 2 is 2.50 bits per heavy atom. The smallest absolute Gasteiger partial charge is 0.218 e. The van der Waals surface area contributed by atoms with Crippen molar-refractivity contribution in [3.8, 4) is 0 Å². The Balaban J connectivity index is 2.80. The lowest BCUT2D eigenvalue weighted by Gasteiger charge is -1.96. The van der Waals surface area contributed by atoms with E-state index in [0.29, 0.717) is 0 Å². The Labute approximate surface area is 46.1 Å². The van der Waals surface area contributed by atoms with Gasteiger partial charge in [0.1, 0.15) is 12.9 Å². The number of rotatable bonds is 0. The minimum absolute atomic E-state index is 0.0556. The van der Waals surface area contributed by atoms with Gasteiger partial charge in [-0.15, -0.1) is 0 Å². The molecule has 1 aliphatic heterocycles. The predicted molar refractivity (Wildman–Crippen MR) is 30.0 cm³/mol. The van der Waals surface area contributed by atoms with Gasteiger partial charge in [-0.1, -0.05) is 0 Å². The molecule has 1 heterocycles. The summed E-state index contributed by atoms with van der Waals surface area (Å²) in [6.45, 7) is 0.148. The van der Waals surface area contributed by atoms with Gasteiger partial charge in [0.2, 0.25) is 5.78 Å². The molecule has 1 rings (SSSR count). The van der Waals surface area contributed by atoms with Crippen molar-refractivity contribution < 1.29 is 4.79 Å². The van der Waals surface area contributed by atoms with Gasteiger partial charge in [-0.3, -0.25) is 9.79 Å². The fourth-order valence-corrected chi connectivity index (χ4v) is 0.380. The molecule has 4 heteroatoms. The average molecular weight is 111 g/mol. The zero-order valence-corrected chi connectivity index (χ0v) is 4.16. The molecule has 0 spiro atoms. The second-order valence-electron chi connectivity index (χ2n) is 1.39. The average Bonchev–Trinajstić information content (AvgIpc) is 1.77. The quantitative estimate of drug-likeness (QED) is 0.433. The summed E-state index contributed by atoms with van der Waals surface area (Å²) < 4.78 is 0. The number of amidine groups is 1. The van der Waals surface area contributed by atoms with E-state index in [1.54, 1.807) is 0 Å². The highest BCUT2D eigenvalue weighted by molar-refractivity contribution is 6.40. The molecule has 0 aromatic carbocycles. The highest BCUT2D eigenvalue weighted by atomic mass is 16.1. The summed E-state index contributed by atoms with van der Waals surface area (Å²) >= 11 is 0. The summed E-state index contributed by atoms with van der Waals surface area (Å²) in [6.07, 6.45) is 1.29. The summed E-state index contributed by atoms with van der Waals surface area (Å²) in [4.78, 5) is 17.5. The van der Waals surface area contributed by atoms with E-state index in [1.165, 1.54) is 6.34 Å². The lowest BCUT2D eigenvalue weighted by atomic mass is 10.3. The van der Waals surface area contributed by atoms with Crippen molar-refractivity contribution in [1.29, 1.82) is 0 Å². The van der Waals surface area contributed by atoms with E-state index >= 15 is 0 Å². The molecule has 0 aromatic heterocycles. The molecule has 0 saturated heterocycles. The number of carbonyl (C=O) groups excluding carboxylic acids is 1. The molecule has 0 bridgehead atoms. The molecule has 0 saturated carbocycles. The van der Waals surface area contributed by atoms with E-state index < -0.39 is 0 Å². The zero-order valence-electron chi connectivity index (χ0n) is 4.16. The Bertz CT molecular complexity index is 170. The number of hydrogen-bond donors (Lipinski definition) is 1. The fourth-order valence-electron chi connectivity index (χ4n) is 0.380. The maximum Gasteiger partial charge on any atom is 0.218 e. The zero-order chi connectivity index (χ0) is 5.98. The van der Waals surface area contributed by atoms with Crippen LogP contribution in [0.15, 0.2) is 9.98 Å². The van der Waals surface area contributed by atoms with Crippen LogP contribution >= 0.6 is 0 Å². The third-order valence-electron chi connectivity index (χ3n) is 0.799. The van der Waals surface area contributed by atoms with Gasteiger partial charge in [0, 0.05) is 0 Å². The van der Waals surface area contributed by atoms with Crippen LogP contribution in [0.3, 0.4) is 0 Å². The second-order valence-corrected chi connectivity index (χ2v) is 1.39. The monoisotopic (exact) mass is 111 g/mol. The van der Waals surface area contributed by atoms with E-state index in [-0.39, 0.29) is 18.2 Å². The van der Waals surface area contributed by atoms with Crippen molar-refractivity contribution in [2.75, 3.05) is 6.54 Å². The summed E-state index contributed by atoms with van der Waals surface area (Å²) in [5.74, 6) is -0.146. The standard InChI is InChI=1S/C4H5N3O/c5-4-3(8)1-6-2-7-4/h2H,1H2,(H2,5,6,7). The molecule has 8 heavy (non-hydrogen) atoms. The van der Waals surface area contributed by atoms with E-state index in [1.807, 2.05) is 0 Å². The first-order chi connectivity index (χ1) is 3.80. The SMILES string of the molecule is NC1=NC=NCC1=O. The van der Waals surface area contributed by atoms with E-state index in [9.17, 15) is 4.79 Å². The minimum atomic E-state index is -0.201. The van der Waals surface area contributed by atoms with Gasteiger partial charge in [-0.2, -0.15) is 0 Å². The minimum Gasteiger partial charge on any atom is -0.381 e. The molecule has 0 aliphatic carbocycles. The lowest BCUT2D eigenvalue weighted by Crippen LogP contribution is -2.28. The molecule has 0 aromatic rings. The molecule has 42 valence electrons. The van der Waals surface area contributed by atoms with Crippen LogP contribution in [0, 0.1) is 0 Å². The lowest BCUT2D eigenvalue weighted by molar-refractivity contribution is -0.111. The summed E-state index contributed by atoms with van der Waals surface area (Å²) in [6, 6.07) is 0. The van der Waals surface area contributed by atoms with Crippen LogP contribution in [0.25, 0.3) is 0 Å². The number of Topliss-reactive ketones (excluding diaryl/α,β-unsaturated/α-hetero) is 1. The second kappa shape index (κ2) is 1.73. The van der Waals surface area contributed by atoms with Crippen LogP contribution in [0.2, 0.25) is 0 Å². The highest BCUT2D eigenvalue weighted by Crippen LogP contribution is 1.81. The van der Waals surface area contributed by atoms with Gasteiger partial charge < -0.3 is 5.73 Å². The van der Waals surface area contributed by atoms with Gasteiger partial charge in [-0.25, -0.2) is 4.99 Å². The maximum atomic E-state index is 10.4. The summed E-state index contributed by atoms with van der Waals surface area (Å²) in [5, 5.41) is 0. The number of nitrogens with two attached hydrogens (primary N) is 1. The Kier molecular flexibility index (Phi) is 1.07. The first-order valence-corrected chi connectivity index (χ1v) is 2.15. The summed E-state index contributed by atoms with van der Waals surface area (Å²) in [7, 11) is 0. The number of hydrogen-bond acceptors (Lipinski definition) is 4. The number of carbonyl (C=O) groups is 1. The first-order valence-electron chi connectivity index (χ1n) is 2.15. The molecular weight excluding hydrogens is 106 g/mol. The normalized spacial score (nSPS) is 18.5. The molecule has 2 N–H and O–H groups in total. The Hall–Kier alpha value is -1.19. The van der Waals surface area contributed by atoms with Crippen LogP contribution in [-0.2, 0) is 4.79 Å². The van der Waals surface area contributed by atoms with Crippen LogP contribution < -0.4 is 5.73 Å². The predicted octanol–water partition coefficient (Wildman–Crippen LogP) is -1.05. The van der Waals surface area contributed by atoms with Crippen LogP contribution in [0.1, 0.15) is 0 Å². The van der Waals surface area contributed by atoms with Gasteiger partial charge in [0.15, 0.2) is 5.84 Å². The van der Waals surface area contributed by atoms with Crippen molar-refractivity contribution in [1.82, 2.24) is 0 Å².